The molecule has 1 saturated heterocycles. The third-order valence-corrected chi connectivity index (χ3v) is 4.48. The summed E-state index contributed by atoms with van der Waals surface area (Å²) >= 11 is 5.88. The van der Waals surface area contributed by atoms with Gasteiger partial charge in [0.1, 0.15) is 5.75 Å². The zero-order chi connectivity index (χ0) is 17.1. The molecule has 0 aliphatic carbocycles. The van der Waals surface area contributed by atoms with Crippen LogP contribution in [0.2, 0.25) is 5.02 Å². The first-order valence-electron chi connectivity index (χ1n) is 7.78. The standard InChI is InChI=1S/C19H18ClNO3/c1-24-17-8-4-14(5-9-17)12-21-18(22)11-15(19(21)23)10-13-2-6-16(20)7-3-13/h2-9,15H,10-12H2,1H3/t15-/m0/s1. The van der Waals surface area contributed by atoms with E-state index in [0.717, 1.165) is 16.9 Å². The van der Waals surface area contributed by atoms with E-state index in [-0.39, 0.29) is 24.2 Å². The summed E-state index contributed by atoms with van der Waals surface area (Å²) in [5.41, 5.74) is 1.92. The second-order valence-electron chi connectivity index (χ2n) is 5.90. The predicted octanol–water partition coefficient (Wildman–Crippen LogP) is 3.47. The van der Waals surface area contributed by atoms with Gasteiger partial charge in [0, 0.05) is 11.4 Å². The number of imide groups is 1. The average Bonchev–Trinajstić information content (AvgIpc) is 2.85. The molecule has 0 N–H and O–H groups in total. The van der Waals surface area contributed by atoms with E-state index in [9.17, 15) is 9.59 Å². The summed E-state index contributed by atoms with van der Waals surface area (Å²) in [6, 6.07) is 14.8. The van der Waals surface area contributed by atoms with Gasteiger partial charge in [0.25, 0.3) is 0 Å². The van der Waals surface area contributed by atoms with Crippen molar-refractivity contribution >= 4 is 23.4 Å². The Morgan fingerprint density at radius 2 is 1.67 bits per heavy atom. The number of ether oxygens (including phenoxy) is 1. The highest BCUT2D eigenvalue weighted by Crippen LogP contribution is 2.26. The van der Waals surface area contributed by atoms with Crippen molar-refractivity contribution in [2.75, 3.05) is 7.11 Å². The molecule has 124 valence electrons. The maximum atomic E-state index is 12.6. The Bertz CT molecular complexity index is 740. The Morgan fingerprint density at radius 3 is 2.29 bits per heavy atom. The van der Waals surface area contributed by atoms with E-state index >= 15 is 0 Å². The molecule has 1 atom stereocenters. The van der Waals surface area contributed by atoms with Crippen molar-refractivity contribution < 1.29 is 14.3 Å². The van der Waals surface area contributed by atoms with Crippen molar-refractivity contribution in [1.29, 1.82) is 0 Å². The van der Waals surface area contributed by atoms with E-state index in [1.165, 1.54) is 4.90 Å². The fourth-order valence-electron chi connectivity index (χ4n) is 2.90. The zero-order valence-corrected chi connectivity index (χ0v) is 14.1. The van der Waals surface area contributed by atoms with Gasteiger partial charge in [-0.05, 0) is 41.8 Å². The maximum absolute atomic E-state index is 12.6. The molecule has 1 fully saturated rings. The minimum Gasteiger partial charge on any atom is -0.497 e. The summed E-state index contributed by atoms with van der Waals surface area (Å²) in [4.78, 5) is 26.1. The number of likely N-dealkylation sites (tertiary alicyclic amines) is 1. The van der Waals surface area contributed by atoms with Crippen LogP contribution in [0.1, 0.15) is 17.5 Å². The minimum absolute atomic E-state index is 0.106. The maximum Gasteiger partial charge on any atom is 0.233 e. The van der Waals surface area contributed by atoms with E-state index < -0.39 is 0 Å². The van der Waals surface area contributed by atoms with Crippen LogP contribution in [-0.2, 0) is 22.6 Å². The summed E-state index contributed by atoms with van der Waals surface area (Å²) in [6.07, 6.45) is 0.818. The summed E-state index contributed by atoms with van der Waals surface area (Å²) in [5, 5.41) is 0.661. The van der Waals surface area contributed by atoms with Gasteiger partial charge in [-0.25, -0.2) is 0 Å². The van der Waals surface area contributed by atoms with Crippen LogP contribution < -0.4 is 4.74 Å². The molecule has 2 aromatic rings. The average molecular weight is 344 g/mol. The molecule has 1 aliphatic rings. The Kier molecular flexibility index (Phi) is 4.86. The molecule has 3 rings (SSSR count). The van der Waals surface area contributed by atoms with Crippen LogP contribution in [0.4, 0.5) is 0 Å². The number of hydrogen-bond donors (Lipinski definition) is 0. The number of carbonyl (C=O) groups excluding carboxylic acids is 2. The van der Waals surface area contributed by atoms with Crippen LogP contribution in [0.15, 0.2) is 48.5 Å². The van der Waals surface area contributed by atoms with Gasteiger partial charge in [-0.2, -0.15) is 0 Å². The van der Waals surface area contributed by atoms with Crippen molar-refractivity contribution in [3.63, 3.8) is 0 Å². The van der Waals surface area contributed by atoms with Crippen molar-refractivity contribution in [3.05, 3.63) is 64.7 Å². The number of methoxy groups -OCH3 is 1. The van der Waals surface area contributed by atoms with Crippen molar-refractivity contribution in [1.82, 2.24) is 4.90 Å². The van der Waals surface area contributed by atoms with Gasteiger partial charge in [-0.15, -0.1) is 0 Å². The van der Waals surface area contributed by atoms with Gasteiger partial charge in [0.15, 0.2) is 0 Å². The first kappa shape index (κ1) is 16.5. The van der Waals surface area contributed by atoms with E-state index in [1.807, 2.05) is 36.4 Å². The first-order valence-corrected chi connectivity index (χ1v) is 8.16. The predicted molar refractivity (Wildman–Crippen MR) is 91.8 cm³/mol. The van der Waals surface area contributed by atoms with Crippen LogP contribution in [0, 0.1) is 5.92 Å². The van der Waals surface area contributed by atoms with Crippen LogP contribution in [-0.4, -0.2) is 23.8 Å². The van der Waals surface area contributed by atoms with Crippen LogP contribution in [0.25, 0.3) is 0 Å². The summed E-state index contributed by atoms with van der Waals surface area (Å²) in [5.74, 6) is 0.232. The molecule has 2 amide bonds. The monoisotopic (exact) mass is 343 g/mol. The third-order valence-electron chi connectivity index (χ3n) is 4.23. The summed E-state index contributed by atoms with van der Waals surface area (Å²) in [6.45, 7) is 0.304. The van der Waals surface area contributed by atoms with Crippen molar-refractivity contribution in [2.45, 2.75) is 19.4 Å². The second-order valence-corrected chi connectivity index (χ2v) is 6.33. The lowest BCUT2D eigenvalue weighted by atomic mass is 9.98. The quantitative estimate of drug-likeness (QED) is 0.781. The lowest BCUT2D eigenvalue weighted by molar-refractivity contribution is -0.140. The number of hydrogen-bond acceptors (Lipinski definition) is 3. The number of amides is 2. The largest absolute Gasteiger partial charge is 0.497 e. The number of carbonyl (C=O) groups is 2. The molecule has 24 heavy (non-hydrogen) atoms. The van der Waals surface area contributed by atoms with Crippen molar-refractivity contribution in [2.24, 2.45) is 5.92 Å². The molecular formula is C19H18ClNO3. The topological polar surface area (TPSA) is 46.6 Å². The molecule has 2 aromatic carbocycles. The van der Waals surface area contributed by atoms with Gasteiger partial charge < -0.3 is 4.74 Å². The lowest BCUT2D eigenvalue weighted by Crippen LogP contribution is -2.30. The molecular weight excluding hydrogens is 326 g/mol. The molecule has 0 saturated carbocycles. The van der Waals surface area contributed by atoms with Crippen LogP contribution >= 0.6 is 11.6 Å². The molecule has 0 spiro atoms. The molecule has 5 heteroatoms. The molecule has 0 unspecified atom stereocenters. The Hall–Kier alpha value is -2.33. The number of halogens is 1. The van der Waals surface area contributed by atoms with Gasteiger partial charge in [0.05, 0.1) is 19.6 Å². The highest BCUT2D eigenvalue weighted by Gasteiger charge is 2.38. The van der Waals surface area contributed by atoms with Crippen LogP contribution in [0.3, 0.4) is 0 Å². The third kappa shape index (κ3) is 3.60. The molecule has 0 aromatic heterocycles. The van der Waals surface area contributed by atoms with E-state index in [2.05, 4.69) is 0 Å². The second kappa shape index (κ2) is 7.05. The fraction of sp³-hybridized carbons (Fsp3) is 0.263. The molecule has 0 bridgehead atoms. The minimum atomic E-state index is -0.295. The number of nitrogens with zero attached hydrogens (tertiary/aromatic N) is 1. The fourth-order valence-corrected chi connectivity index (χ4v) is 3.02. The highest BCUT2D eigenvalue weighted by atomic mass is 35.5. The number of rotatable bonds is 5. The molecule has 4 nitrogen and oxygen atoms in total. The van der Waals surface area contributed by atoms with Gasteiger partial charge in [-0.3, -0.25) is 14.5 Å². The van der Waals surface area contributed by atoms with Gasteiger partial charge in [-0.1, -0.05) is 35.9 Å². The Labute approximate surface area is 146 Å². The van der Waals surface area contributed by atoms with E-state index in [4.69, 9.17) is 16.3 Å². The molecule has 0 radical (unpaired) electrons. The SMILES string of the molecule is COc1ccc(CN2C(=O)C[C@H](Cc3ccc(Cl)cc3)C2=O)cc1. The number of benzene rings is 2. The van der Waals surface area contributed by atoms with Gasteiger partial charge >= 0.3 is 0 Å². The highest BCUT2D eigenvalue weighted by molar-refractivity contribution is 6.30. The van der Waals surface area contributed by atoms with Crippen LogP contribution in [0.5, 0.6) is 5.75 Å². The first-order chi connectivity index (χ1) is 11.6. The molecule has 1 aliphatic heterocycles. The van der Waals surface area contributed by atoms with E-state index in [1.54, 1.807) is 19.2 Å². The Morgan fingerprint density at radius 1 is 1.04 bits per heavy atom. The summed E-state index contributed by atoms with van der Waals surface area (Å²) in [7, 11) is 1.60. The van der Waals surface area contributed by atoms with Gasteiger partial charge in [0.2, 0.25) is 11.8 Å². The molecule has 1 heterocycles. The zero-order valence-electron chi connectivity index (χ0n) is 13.4. The smallest absolute Gasteiger partial charge is 0.233 e. The van der Waals surface area contributed by atoms with E-state index in [0.29, 0.717) is 18.0 Å². The lowest BCUT2D eigenvalue weighted by Gasteiger charge is -2.15. The van der Waals surface area contributed by atoms with Crippen molar-refractivity contribution in [3.8, 4) is 5.75 Å². The Balaban J connectivity index is 1.67. The summed E-state index contributed by atoms with van der Waals surface area (Å²) < 4.78 is 5.12. The normalized spacial score (nSPS) is 17.4.